The molecule has 0 spiro atoms. The molecule has 4 rings (SSSR count). The molecule has 1 aliphatic carbocycles. The smallest absolute Gasteiger partial charge is 0.407 e. The molecule has 0 bridgehead atoms. The van der Waals surface area contributed by atoms with Crippen molar-refractivity contribution in [2.24, 2.45) is 11.7 Å². The molecular weight excluding hydrogens is 522 g/mol. The van der Waals surface area contributed by atoms with Crippen molar-refractivity contribution in [3.8, 4) is 23.0 Å². The van der Waals surface area contributed by atoms with Crippen molar-refractivity contribution in [2.75, 3.05) is 27.4 Å². The summed E-state index contributed by atoms with van der Waals surface area (Å²) in [7, 11) is 2.39. The van der Waals surface area contributed by atoms with Crippen LogP contribution in [0.3, 0.4) is 0 Å². The van der Waals surface area contributed by atoms with Crippen LogP contribution in [0, 0.1) is 5.92 Å². The lowest BCUT2D eigenvalue weighted by molar-refractivity contribution is -0.145. The number of nitrogens with zero attached hydrogens (tertiary/aromatic N) is 2. The molecule has 14 heteroatoms. The van der Waals surface area contributed by atoms with Gasteiger partial charge in [-0.2, -0.15) is 8.78 Å². The number of likely N-dealkylation sites (tertiary alicyclic amines) is 1. The van der Waals surface area contributed by atoms with E-state index in [0.29, 0.717) is 18.1 Å². The molecule has 1 aromatic carbocycles. The SMILES string of the molecule is COC(=O)NC1C[C@@H](C(=O)OC)N(C(=O)c2nc(-c3ccc(OC(F)F)c(OCC4CC4)c3)oc2[C@H](C)N)C1. The van der Waals surface area contributed by atoms with E-state index in [2.05, 4.69) is 19.8 Å². The molecule has 2 aromatic rings. The van der Waals surface area contributed by atoms with Crippen molar-refractivity contribution in [3.63, 3.8) is 0 Å². The number of oxazole rings is 1. The lowest BCUT2D eigenvalue weighted by Gasteiger charge is -2.22. The van der Waals surface area contributed by atoms with Crippen molar-refractivity contribution >= 4 is 18.0 Å². The van der Waals surface area contributed by atoms with Gasteiger partial charge in [0.2, 0.25) is 5.89 Å². The van der Waals surface area contributed by atoms with E-state index < -0.39 is 42.7 Å². The van der Waals surface area contributed by atoms with Gasteiger partial charge in [0.25, 0.3) is 5.91 Å². The average molecular weight is 553 g/mol. The number of carbonyl (C=O) groups excluding carboxylic acids is 3. The van der Waals surface area contributed by atoms with Crippen molar-refractivity contribution in [1.29, 1.82) is 0 Å². The van der Waals surface area contributed by atoms with Gasteiger partial charge in [-0.25, -0.2) is 14.6 Å². The topological polar surface area (TPSA) is 155 Å². The van der Waals surface area contributed by atoms with Gasteiger partial charge in [0.05, 0.1) is 32.9 Å². The van der Waals surface area contributed by atoms with Crippen LogP contribution in [0.2, 0.25) is 0 Å². The predicted molar refractivity (Wildman–Crippen MR) is 130 cm³/mol. The quantitative estimate of drug-likeness (QED) is 0.420. The summed E-state index contributed by atoms with van der Waals surface area (Å²) in [5, 5.41) is 2.58. The molecule has 2 aliphatic rings. The minimum Gasteiger partial charge on any atom is -0.489 e. The monoisotopic (exact) mass is 552 g/mol. The molecule has 1 aromatic heterocycles. The summed E-state index contributed by atoms with van der Waals surface area (Å²) < 4.78 is 51.5. The zero-order valence-electron chi connectivity index (χ0n) is 21.6. The first-order valence-electron chi connectivity index (χ1n) is 12.3. The normalized spacial score (nSPS) is 19.5. The zero-order valence-corrected chi connectivity index (χ0v) is 21.6. The third kappa shape index (κ3) is 6.56. The number of methoxy groups -OCH3 is 2. The Kier molecular flexibility index (Phi) is 8.53. The second kappa shape index (κ2) is 11.8. The Morgan fingerprint density at radius 2 is 1.95 bits per heavy atom. The number of hydrogen-bond acceptors (Lipinski definition) is 10. The number of carbonyl (C=O) groups is 3. The van der Waals surface area contributed by atoms with E-state index in [1.165, 1.54) is 37.3 Å². The van der Waals surface area contributed by atoms with Crippen molar-refractivity contribution in [1.82, 2.24) is 15.2 Å². The second-order valence-electron chi connectivity index (χ2n) is 9.38. The van der Waals surface area contributed by atoms with E-state index in [4.69, 9.17) is 19.6 Å². The number of amides is 2. The summed E-state index contributed by atoms with van der Waals surface area (Å²) in [5.74, 6) is -1.01. The second-order valence-corrected chi connectivity index (χ2v) is 9.38. The van der Waals surface area contributed by atoms with Crippen LogP contribution in [0.1, 0.15) is 48.5 Å². The number of alkyl halides is 2. The van der Waals surface area contributed by atoms with Crippen molar-refractivity contribution < 1.29 is 46.5 Å². The molecule has 1 aliphatic heterocycles. The fourth-order valence-corrected chi connectivity index (χ4v) is 4.24. The Morgan fingerprint density at radius 3 is 2.56 bits per heavy atom. The van der Waals surface area contributed by atoms with Crippen LogP contribution in [0.4, 0.5) is 13.6 Å². The van der Waals surface area contributed by atoms with Gasteiger partial charge in [-0.1, -0.05) is 0 Å². The summed E-state index contributed by atoms with van der Waals surface area (Å²) in [6.45, 7) is -1.13. The number of alkyl carbamates (subject to hydrolysis) is 1. The van der Waals surface area contributed by atoms with Crippen LogP contribution in [0.5, 0.6) is 11.5 Å². The Morgan fingerprint density at radius 1 is 1.21 bits per heavy atom. The zero-order chi connectivity index (χ0) is 28.3. The van der Waals surface area contributed by atoms with E-state index >= 15 is 0 Å². The maximum absolute atomic E-state index is 13.6. The van der Waals surface area contributed by atoms with Crippen molar-refractivity contribution in [3.05, 3.63) is 29.7 Å². The summed E-state index contributed by atoms with van der Waals surface area (Å²) in [4.78, 5) is 43.4. The van der Waals surface area contributed by atoms with Gasteiger partial charge in [0.15, 0.2) is 23.0 Å². The lowest BCUT2D eigenvalue weighted by Crippen LogP contribution is -2.42. The Hall–Kier alpha value is -3.94. The Balaban J connectivity index is 1.65. The number of benzene rings is 1. The van der Waals surface area contributed by atoms with Gasteiger partial charge >= 0.3 is 18.7 Å². The molecule has 2 heterocycles. The number of halogens is 2. The molecule has 1 unspecified atom stereocenters. The minimum atomic E-state index is -3.05. The fourth-order valence-electron chi connectivity index (χ4n) is 4.24. The van der Waals surface area contributed by atoms with E-state index in [1.54, 1.807) is 6.92 Å². The molecule has 12 nitrogen and oxygen atoms in total. The largest absolute Gasteiger partial charge is 0.489 e. The number of ether oxygens (including phenoxy) is 4. The molecule has 39 heavy (non-hydrogen) atoms. The molecule has 2 fully saturated rings. The third-order valence-electron chi connectivity index (χ3n) is 6.39. The average Bonchev–Trinajstić information content (AvgIpc) is 3.47. The molecular formula is C25H30F2N4O8. The molecule has 2 amide bonds. The standard InChI is InChI=1S/C25H30F2N4O8/c1-12(28)20-19(22(32)31-10-15(29-25(34)36-3)9-16(31)23(33)35-2)30-21(39-20)14-6-7-17(38-24(26)27)18(8-14)37-11-13-4-5-13/h6-8,12-13,15-16,24H,4-5,9-11,28H2,1-3H3,(H,29,34)/t12-,15?,16-/m0/s1. The highest BCUT2D eigenvalue weighted by Crippen LogP contribution is 2.37. The van der Waals surface area contributed by atoms with E-state index in [9.17, 15) is 23.2 Å². The first-order chi connectivity index (χ1) is 18.6. The van der Waals surface area contributed by atoms with Crippen LogP contribution in [-0.4, -0.2) is 73.9 Å². The molecule has 3 N–H and O–H groups in total. The highest BCUT2D eigenvalue weighted by atomic mass is 19.3. The van der Waals surface area contributed by atoms with Crippen LogP contribution < -0.4 is 20.5 Å². The number of aromatic nitrogens is 1. The third-order valence-corrected chi connectivity index (χ3v) is 6.39. The summed E-state index contributed by atoms with van der Waals surface area (Å²) in [6.07, 6.45) is 1.37. The van der Waals surface area contributed by atoms with Crippen LogP contribution in [0.15, 0.2) is 22.6 Å². The highest BCUT2D eigenvalue weighted by molar-refractivity contribution is 5.97. The Bertz CT molecular complexity index is 1220. The van der Waals surface area contributed by atoms with Gasteiger partial charge in [-0.15, -0.1) is 0 Å². The summed E-state index contributed by atoms with van der Waals surface area (Å²) in [5.41, 5.74) is 6.27. The maximum Gasteiger partial charge on any atom is 0.407 e. The van der Waals surface area contributed by atoms with Crippen LogP contribution in [0.25, 0.3) is 11.5 Å². The van der Waals surface area contributed by atoms with E-state index in [-0.39, 0.29) is 41.8 Å². The van der Waals surface area contributed by atoms with Crippen molar-refractivity contribution in [2.45, 2.75) is 50.9 Å². The summed E-state index contributed by atoms with van der Waals surface area (Å²) in [6, 6.07) is 1.84. The van der Waals surface area contributed by atoms with E-state index in [0.717, 1.165) is 12.8 Å². The van der Waals surface area contributed by atoms with Gasteiger partial charge < -0.3 is 39.3 Å². The van der Waals surface area contributed by atoms with Gasteiger partial charge in [0, 0.05) is 18.5 Å². The number of esters is 1. The van der Waals surface area contributed by atoms with Gasteiger partial charge in [-0.3, -0.25) is 4.79 Å². The number of rotatable bonds is 10. The first-order valence-corrected chi connectivity index (χ1v) is 12.3. The molecule has 3 atom stereocenters. The molecule has 212 valence electrons. The minimum absolute atomic E-state index is 0.0106. The molecule has 1 saturated heterocycles. The number of nitrogens with two attached hydrogens (primary N) is 1. The maximum atomic E-state index is 13.6. The Labute approximate surface area is 222 Å². The number of hydrogen-bond donors (Lipinski definition) is 2. The molecule has 1 saturated carbocycles. The van der Waals surface area contributed by atoms with Crippen LogP contribution >= 0.6 is 0 Å². The van der Waals surface area contributed by atoms with Crippen LogP contribution in [-0.2, 0) is 14.3 Å². The van der Waals surface area contributed by atoms with Gasteiger partial charge in [0.1, 0.15) is 6.04 Å². The lowest BCUT2D eigenvalue weighted by atomic mass is 10.1. The molecule has 0 radical (unpaired) electrons. The summed E-state index contributed by atoms with van der Waals surface area (Å²) >= 11 is 0. The predicted octanol–water partition coefficient (Wildman–Crippen LogP) is 2.86. The highest BCUT2D eigenvalue weighted by Gasteiger charge is 2.43. The van der Waals surface area contributed by atoms with E-state index in [1.807, 2.05) is 0 Å². The fraction of sp³-hybridized carbons (Fsp3) is 0.520. The first kappa shape index (κ1) is 28.1. The van der Waals surface area contributed by atoms with Gasteiger partial charge in [-0.05, 0) is 43.9 Å². The number of nitrogens with one attached hydrogen (secondary N) is 1.